The smallest absolute Gasteiger partial charge is 0.235 e. The highest BCUT2D eigenvalue weighted by Crippen LogP contribution is 2.50. The lowest BCUT2D eigenvalue weighted by molar-refractivity contribution is 0.661. The van der Waals surface area contributed by atoms with E-state index in [4.69, 9.17) is 9.97 Å². The van der Waals surface area contributed by atoms with Gasteiger partial charge >= 0.3 is 0 Å². The van der Waals surface area contributed by atoms with Crippen molar-refractivity contribution >= 4 is 21.8 Å². The fourth-order valence-corrected chi connectivity index (χ4v) is 7.34. The largest absolute Gasteiger partial charge is 0.278 e. The molecule has 0 radical (unpaired) electrons. The van der Waals surface area contributed by atoms with Gasteiger partial charge in [0.15, 0.2) is 0 Å². The number of para-hydroxylation sites is 1. The first-order chi connectivity index (χ1) is 22.6. The van der Waals surface area contributed by atoms with Gasteiger partial charge in [-0.15, -0.1) is 0 Å². The first kappa shape index (κ1) is 26.6. The lowest BCUT2D eigenvalue weighted by Crippen LogP contribution is -2.15. The molecule has 6 aromatic carbocycles. The summed E-state index contributed by atoms with van der Waals surface area (Å²) in [4.78, 5) is 10.0. The van der Waals surface area contributed by atoms with Crippen LogP contribution in [0.15, 0.2) is 152 Å². The third-order valence-corrected chi connectivity index (χ3v) is 9.70. The molecule has 0 spiro atoms. The molecule has 3 nitrogen and oxygen atoms in total. The van der Waals surface area contributed by atoms with Crippen molar-refractivity contribution in [1.82, 2.24) is 14.5 Å². The number of benzene rings is 6. The van der Waals surface area contributed by atoms with Crippen LogP contribution < -0.4 is 0 Å². The van der Waals surface area contributed by atoms with Gasteiger partial charge < -0.3 is 0 Å². The zero-order valence-corrected chi connectivity index (χ0v) is 25.8. The van der Waals surface area contributed by atoms with Gasteiger partial charge in [0.1, 0.15) is 0 Å². The van der Waals surface area contributed by atoms with Gasteiger partial charge in [0, 0.05) is 27.9 Å². The minimum absolute atomic E-state index is 0.0934. The number of hydrogen-bond donors (Lipinski definition) is 0. The Morgan fingerprint density at radius 3 is 2.00 bits per heavy atom. The van der Waals surface area contributed by atoms with E-state index in [0.29, 0.717) is 5.95 Å². The first-order valence-corrected chi connectivity index (χ1v) is 15.8. The van der Waals surface area contributed by atoms with Crippen molar-refractivity contribution in [2.75, 3.05) is 0 Å². The molecule has 3 heteroatoms. The van der Waals surface area contributed by atoms with Crippen molar-refractivity contribution in [3.05, 3.63) is 163 Å². The third kappa shape index (κ3) is 4.05. The maximum atomic E-state index is 5.20. The zero-order chi connectivity index (χ0) is 30.8. The molecule has 0 unspecified atom stereocenters. The molecule has 0 saturated carbocycles. The molecule has 0 N–H and O–H groups in total. The molecule has 2 heterocycles. The quantitative estimate of drug-likeness (QED) is 0.204. The zero-order valence-electron chi connectivity index (χ0n) is 25.8. The van der Waals surface area contributed by atoms with E-state index in [-0.39, 0.29) is 5.41 Å². The fraction of sp³-hybridized carbons (Fsp3) is 0.0698. The summed E-state index contributed by atoms with van der Waals surface area (Å²) in [6, 6.07) is 52.1. The average Bonchev–Trinajstić information content (AvgIpc) is 3.56. The topological polar surface area (TPSA) is 30.7 Å². The van der Waals surface area contributed by atoms with Crippen molar-refractivity contribution in [1.29, 1.82) is 0 Å². The Labute approximate surface area is 268 Å². The Bertz CT molecular complexity index is 2430. The molecule has 0 aliphatic heterocycles. The second-order valence-corrected chi connectivity index (χ2v) is 12.7. The summed E-state index contributed by atoms with van der Waals surface area (Å²) in [5, 5.41) is 2.43. The van der Waals surface area contributed by atoms with E-state index in [1.54, 1.807) is 0 Å². The fourth-order valence-electron chi connectivity index (χ4n) is 7.34. The van der Waals surface area contributed by atoms with Crippen LogP contribution in [0.5, 0.6) is 0 Å². The van der Waals surface area contributed by atoms with Crippen LogP contribution >= 0.6 is 0 Å². The van der Waals surface area contributed by atoms with Gasteiger partial charge in [-0.3, -0.25) is 4.57 Å². The predicted molar refractivity (Wildman–Crippen MR) is 190 cm³/mol. The SMILES string of the molecule is CC1(C)c2ccccc2-c2cc3c4ccccc4n(-c4nccc(-c5cccc(-c6ccc(-c7ccccc7)cc6)c5)n4)c3cc21. The third-order valence-electron chi connectivity index (χ3n) is 9.70. The van der Waals surface area contributed by atoms with Gasteiger partial charge in [-0.25, -0.2) is 9.97 Å². The van der Waals surface area contributed by atoms with Crippen molar-refractivity contribution < 1.29 is 0 Å². The monoisotopic (exact) mass is 589 g/mol. The molecular weight excluding hydrogens is 558 g/mol. The summed E-state index contributed by atoms with van der Waals surface area (Å²) in [6.07, 6.45) is 1.88. The second-order valence-electron chi connectivity index (χ2n) is 12.7. The van der Waals surface area contributed by atoms with Gasteiger partial charge in [-0.05, 0) is 74.8 Å². The number of rotatable bonds is 4. The summed E-state index contributed by atoms with van der Waals surface area (Å²) in [5.74, 6) is 0.676. The minimum Gasteiger partial charge on any atom is -0.278 e. The maximum absolute atomic E-state index is 5.20. The molecular formula is C43H31N3. The molecule has 0 atom stereocenters. The highest BCUT2D eigenvalue weighted by atomic mass is 15.2. The summed E-state index contributed by atoms with van der Waals surface area (Å²) >= 11 is 0. The lowest BCUT2D eigenvalue weighted by Gasteiger charge is -2.21. The summed E-state index contributed by atoms with van der Waals surface area (Å²) < 4.78 is 2.24. The summed E-state index contributed by atoms with van der Waals surface area (Å²) in [7, 11) is 0. The molecule has 0 saturated heterocycles. The van der Waals surface area contributed by atoms with Crippen LogP contribution in [0.4, 0.5) is 0 Å². The second kappa shape index (κ2) is 10.1. The number of hydrogen-bond acceptors (Lipinski definition) is 2. The number of aromatic nitrogens is 3. The van der Waals surface area contributed by atoms with Crippen LogP contribution in [0, 0.1) is 0 Å². The van der Waals surface area contributed by atoms with Gasteiger partial charge in [0.2, 0.25) is 5.95 Å². The lowest BCUT2D eigenvalue weighted by atomic mass is 9.82. The van der Waals surface area contributed by atoms with Crippen LogP contribution in [0.1, 0.15) is 25.0 Å². The number of fused-ring (bicyclic) bond motifs is 6. The van der Waals surface area contributed by atoms with E-state index in [0.717, 1.165) is 27.9 Å². The molecule has 46 heavy (non-hydrogen) atoms. The average molecular weight is 590 g/mol. The molecule has 0 bridgehead atoms. The molecule has 1 aliphatic rings. The van der Waals surface area contributed by atoms with E-state index >= 15 is 0 Å². The Morgan fingerprint density at radius 1 is 0.478 bits per heavy atom. The van der Waals surface area contributed by atoms with Crippen molar-refractivity contribution in [3.8, 4) is 50.6 Å². The number of nitrogens with zero attached hydrogens (tertiary/aromatic N) is 3. The highest BCUT2D eigenvalue weighted by molar-refractivity contribution is 6.11. The molecule has 0 fully saturated rings. The van der Waals surface area contributed by atoms with Crippen molar-refractivity contribution in [2.24, 2.45) is 0 Å². The van der Waals surface area contributed by atoms with Crippen LogP contribution in [0.25, 0.3) is 72.4 Å². The van der Waals surface area contributed by atoms with Gasteiger partial charge in [-0.1, -0.05) is 129 Å². The standard InChI is InChI=1S/C43H31N3/c1-43(2)37-17-8-6-15-33(37)35-26-36-34-16-7-9-18-40(34)46(41(36)27-38(35)43)42-44-24-23-39(45-42)32-14-10-13-31(25-32)30-21-19-29(20-22-30)28-11-4-3-5-12-28/h3-27H,1-2H3. The highest BCUT2D eigenvalue weighted by Gasteiger charge is 2.36. The maximum Gasteiger partial charge on any atom is 0.235 e. The Hall–Kier alpha value is -5.80. The summed E-state index contributed by atoms with van der Waals surface area (Å²) in [5.41, 5.74) is 14.2. The van der Waals surface area contributed by atoms with Crippen LogP contribution in [0.2, 0.25) is 0 Å². The normalized spacial score (nSPS) is 13.2. The Balaban J connectivity index is 1.16. The van der Waals surface area contributed by atoms with Crippen molar-refractivity contribution in [3.63, 3.8) is 0 Å². The molecule has 2 aromatic heterocycles. The molecule has 9 rings (SSSR count). The minimum atomic E-state index is -0.0934. The van der Waals surface area contributed by atoms with Crippen LogP contribution in [0.3, 0.4) is 0 Å². The van der Waals surface area contributed by atoms with Gasteiger partial charge in [0.05, 0.1) is 16.7 Å². The molecule has 8 aromatic rings. The van der Waals surface area contributed by atoms with Crippen LogP contribution in [-0.4, -0.2) is 14.5 Å². The Kier molecular flexibility index (Phi) is 5.85. The van der Waals surface area contributed by atoms with E-state index in [2.05, 4.69) is 158 Å². The van der Waals surface area contributed by atoms with E-state index in [9.17, 15) is 0 Å². The van der Waals surface area contributed by atoms with Gasteiger partial charge in [-0.2, -0.15) is 0 Å². The van der Waals surface area contributed by atoms with Gasteiger partial charge in [0.25, 0.3) is 0 Å². The van der Waals surface area contributed by atoms with E-state index in [1.807, 2.05) is 12.3 Å². The van der Waals surface area contributed by atoms with Crippen molar-refractivity contribution in [2.45, 2.75) is 19.3 Å². The first-order valence-electron chi connectivity index (χ1n) is 15.8. The molecule has 1 aliphatic carbocycles. The Morgan fingerprint density at radius 2 is 1.15 bits per heavy atom. The predicted octanol–water partition coefficient (Wildman–Crippen LogP) is 10.9. The van der Waals surface area contributed by atoms with E-state index in [1.165, 1.54) is 49.7 Å². The molecule has 0 amide bonds. The van der Waals surface area contributed by atoms with Crippen LogP contribution in [-0.2, 0) is 5.41 Å². The van der Waals surface area contributed by atoms with E-state index < -0.39 is 0 Å². The molecule has 218 valence electrons. The summed E-state index contributed by atoms with van der Waals surface area (Å²) in [6.45, 7) is 4.66.